The number of fused-ring (bicyclic) bond motifs is 2. The molecule has 5 nitrogen and oxygen atoms in total. The minimum atomic E-state index is -0.287. The first-order valence-corrected chi connectivity index (χ1v) is 10.7. The monoisotopic (exact) mass is 419 g/mol. The minimum Gasteiger partial charge on any atom is -0.485 e. The molecule has 0 saturated carbocycles. The molecule has 156 valence electrons. The number of nitrogens with zero attached hydrogens (tertiary/aromatic N) is 3. The van der Waals surface area contributed by atoms with Crippen LogP contribution in [0.25, 0.3) is 22.2 Å². The molecule has 6 rings (SSSR count). The van der Waals surface area contributed by atoms with Crippen molar-refractivity contribution in [3.05, 3.63) is 109 Å². The van der Waals surface area contributed by atoms with Gasteiger partial charge in [0.05, 0.1) is 11.0 Å². The summed E-state index contributed by atoms with van der Waals surface area (Å²) in [5.74, 6) is 2.39. The Hall–Kier alpha value is -4.12. The molecule has 0 radical (unpaired) electrons. The van der Waals surface area contributed by atoms with Crippen LogP contribution in [0.5, 0.6) is 11.5 Å². The van der Waals surface area contributed by atoms with Crippen LogP contribution in [0.3, 0.4) is 0 Å². The van der Waals surface area contributed by atoms with Crippen LogP contribution in [-0.4, -0.2) is 21.1 Å². The molecular weight excluding hydrogens is 398 g/mol. The van der Waals surface area contributed by atoms with Gasteiger partial charge in [-0.3, -0.25) is 4.98 Å². The lowest BCUT2D eigenvalue weighted by Gasteiger charge is -2.26. The van der Waals surface area contributed by atoms with Crippen LogP contribution in [0.1, 0.15) is 17.5 Å². The predicted molar refractivity (Wildman–Crippen MR) is 124 cm³/mol. The fraction of sp³-hybridized carbons (Fsp3) is 0.111. The van der Waals surface area contributed by atoms with E-state index in [1.54, 1.807) is 0 Å². The molecule has 32 heavy (non-hydrogen) atoms. The lowest BCUT2D eigenvalue weighted by atomic mass is 10.1. The van der Waals surface area contributed by atoms with Gasteiger partial charge in [-0.25, -0.2) is 4.98 Å². The second-order valence-corrected chi connectivity index (χ2v) is 7.85. The first-order valence-electron chi connectivity index (χ1n) is 10.7. The summed E-state index contributed by atoms with van der Waals surface area (Å²) in [4.78, 5) is 9.13. The molecule has 3 heterocycles. The Labute approximate surface area is 185 Å². The van der Waals surface area contributed by atoms with Gasteiger partial charge < -0.3 is 14.0 Å². The molecule has 0 fully saturated rings. The molecule has 1 atom stereocenters. The smallest absolute Gasteiger partial charge is 0.190 e. The fourth-order valence-electron chi connectivity index (χ4n) is 4.19. The topological polar surface area (TPSA) is 49.2 Å². The molecule has 2 aromatic heterocycles. The van der Waals surface area contributed by atoms with Crippen molar-refractivity contribution in [1.82, 2.24) is 14.5 Å². The third-order valence-corrected chi connectivity index (χ3v) is 5.77. The molecule has 0 saturated heterocycles. The first-order chi connectivity index (χ1) is 15.8. The number of hydrogen-bond donors (Lipinski definition) is 0. The molecule has 1 unspecified atom stereocenters. The highest BCUT2D eigenvalue weighted by Crippen LogP contribution is 2.37. The number of aromatic nitrogens is 3. The Bertz CT molecular complexity index is 1380. The predicted octanol–water partition coefficient (Wildman–Crippen LogP) is 5.66. The van der Waals surface area contributed by atoms with E-state index in [9.17, 15) is 0 Å². The lowest BCUT2D eigenvalue weighted by Crippen LogP contribution is -2.25. The van der Waals surface area contributed by atoms with Gasteiger partial charge in [0.25, 0.3) is 0 Å². The van der Waals surface area contributed by atoms with Crippen molar-refractivity contribution in [2.75, 3.05) is 6.61 Å². The molecule has 0 spiro atoms. The lowest BCUT2D eigenvalue weighted by molar-refractivity contribution is 0.0831. The summed E-state index contributed by atoms with van der Waals surface area (Å²) in [6.45, 7) is 1.13. The Morgan fingerprint density at radius 2 is 1.59 bits per heavy atom. The number of pyridine rings is 1. The van der Waals surface area contributed by atoms with Crippen molar-refractivity contribution in [1.29, 1.82) is 0 Å². The van der Waals surface area contributed by atoms with Gasteiger partial charge in [0, 0.05) is 18.9 Å². The summed E-state index contributed by atoms with van der Waals surface area (Å²) in [5.41, 5.74) is 5.48. The van der Waals surface area contributed by atoms with E-state index in [1.165, 1.54) is 5.56 Å². The first kappa shape index (κ1) is 18.6. The highest BCUT2D eigenvalue weighted by Gasteiger charge is 2.28. The third kappa shape index (κ3) is 3.38. The Morgan fingerprint density at radius 3 is 2.44 bits per heavy atom. The van der Waals surface area contributed by atoms with E-state index >= 15 is 0 Å². The molecule has 1 aliphatic rings. The molecular formula is C27H21N3O2. The zero-order valence-electron chi connectivity index (χ0n) is 17.4. The zero-order valence-corrected chi connectivity index (χ0v) is 17.4. The number of ether oxygens (including phenoxy) is 2. The van der Waals surface area contributed by atoms with Crippen LogP contribution in [-0.2, 0) is 6.54 Å². The fourth-order valence-corrected chi connectivity index (χ4v) is 4.19. The highest BCUT2D eigenvalue weighted by molar-refractivity contribution is 5.83. The third-order valence-electron chi connectivity index (χ3n) is 5.77. The van der Waals surface area contributed by atoms with E-state index in [2.05, 4.69) is 52.0 Å². The number of imidazole rings is 1. The molecule has 3 aromatic carbocycles. The summed E-state index contributed by atoms with van der Waals surface area (Å²) in [5, 5.41) is 0. The minimum absolute atomic E-state index is 0.287. The number of para-hydroxylation sites is 2. The van der Waals surface area contributed by atoms with Gasteiger partial charge in [0.15, 0.2) is 23.4 Å². The molecule has 0 N–H and O–H groups in total. The standard InChI is InChI=1S/C27H21N3O2/c1-2-6-19(7-3-1)17-30-23-16-21(20-12-14-28-15-13-20)10-11-22(23)29-27(30)26-18-31-24-8-4-5-9-25(24)32-26/h1-16,26H,17-18H2. The summed E-state index contributed by atoms with van der Waals surface area (Å²) in [6, 6.07) is 28.6. The normalized spacial score (nSPS) is 15.1. The van der Waals surface area contributed by atoms with Gasteiger partial charge in [0.1, 0.15) is 6.61 Å². The van der Waals surface area contributed by atoms with E-state index in [0.717, 1.165) is 39.5 Å². The average molecular weight is 419 g/mol. The van der Waals surface area contributed by atoms with E-state index in [1.807, 2.05) is 54.9 Å². The Morgan fingerprint density at radius 1 is 0.812 bits per heavy atom. The van der Waals surface area contributed by atoms with Crippen molar-refractivity contribution < 1.29 is 9.47 Å². The quantitative estimate of drug-likeness (QED) is 0.377. The van der Waals surface area contributed by atoms with Crippen LogP contribution in [0.2, 0.25) is 0 Å². The molecule has 0 aliphatic carbocycles. The number of rotatable bonds is 4. The van der Waals surface area contributed by atoms with Gasteiger partial charge in [-0.05, 0) is 53.1 Å². The largest absolute Gasteiger partial charge is 0.485 e. The molecule has 0 bridgehead atoms. The maximum Gasteiger partial charge on any atom is 0.190 e. The molecule has 5 heteroatoms. The summed E-state index contributed by atoms with van der Waals surface area (Å²) < 4.78 is 14.6. The second kappa shape index (κ2) is 7.85. The van der Waals surface area contributed by atoms with E-state index in [0.29, 0.717) is 13.2 Å². The van der Waals surface area contributed by atoms with Crippen LogP contribution in [0.15, 0.2) is 97.3 Å². The van der Waals surface area contributed by atoms with Crippen molar-refractivity contribution in [3.63, 3.8) is 0 Å². The van der Waals surface area contributed by atoms with Gasteiger partial charge in [-0.15, -0.1) is 0 Å². The van der Waals surface area contributed by atoms with Crippen LogP contribution >= 0.6 is 0 Å². The van der Waals surface area contributed by atoms with Crippen LogP contribution in [0.4, 0.5) is 0 Å². The maximum absolute atomic E-state index is 6.32. The Balaban J connectivity index is 1.47. The van der Waals surface area contributed by atoms with Crippen molar-refractivity contribution in [3.8, 4) is 22.6 Å². The van der Waals surface area contributed by atoms with E-state index in [-0.39, 0.29) is 6.10 Å². The van der Waals surface area contributed by atoms with Gasteiger partial charge in [-0.1, -0.05) is 48.5 Å². The Kier molecular flexibility index (Phi) is 4.57. The van der Waals surface area contributed by atoms with E-state index in [4.69, 9.17) is 14.5 Å². The van der Waals surface area contributed by atoms with Crippen molar-refractivity contribution in [2.24, 2.45) is 0 Å². The van der Waals surface area contributed by atoms with Gasteiger partial charge >= 0.3 is 0 Å². The SMILES string of the molecule is c1ccc(Cn2c(C3COc4ccccc4O3)nc3ccc(-c4ccncc4)cc32)cc1. The number of hydrogen-bond acceptors (Lipinski definition) is 4. The highest BCUT2D eigenvalue weighted by atomic mass is 16.6. The van der Waals surface area contributed by atoms with Gasteiger partial charge in [0.2, 0.25) is 0 Å². The average Bonchev–Trinajstić information content (AvgIpc) is 3.22. The van der Waals surface area contributed by atoms with Crippen LogP contribution < -0.4 is 9.47 Å². The molecule has 5 aromatic rings. The van der Waals surface area contributed by atoms with Crippen molar-refractivity contribution >= 4 is 11.0 Å². The summed E-state index contributed by atoms with van der Waals surface area (Å²) in [7, 11) is 0. The molecule has 0 amide bonds. The summed E-state index contributed by atoms with van der Waals surface area (Å²) in [6.07, 6.45) is 3.35. The second-order valence-electron chi connectivity index (χ2n) is 7.85. The summed E-state index contributed by atoms with van der Waals surface area (Å²) >= 11 is 0. The van der Waals surface area contributed by atoms with Crippen molar-refractivity contribution in [2.45, 2.75) is 12.6 Å². The van der Waals surface area contributed by atoms with Gasteiger partial charge in [-0.2, -0.15) is 0 Å². The van der Waals surface area contributed by atoms with Crippen LogP contribution in [0, 0.1) is 0 Å². The molecule has 1 aliphatic heterocycles. The number of benzene rings is 3. The van der Waals surface area contributed by atoms with E-state index < -0.39 is 0 Å². The zero-order chi connectivity index (χ0) is 21.3. The maximum atomic E-state index is 6.32.